The van der Waals surface area contributed by atoms with Crippen LogP contribution >= 0.6 is 0 Å². The summed E-state index contributed by atoms with van der Waals surface area (Å²) < 4.78 is 16.9. The zero-order valence-corrected chi connectivity index (χ0v) is 19.6. The van der Waals surface area contributed by atoms with Crippen LogP contribution in [0.4, 0.5) is 0 Å². The Morgan fingerprint density at radius 3 is 1.74 bits per heavy atom. The summed E-state index contributed by atoms with van der Waals surface area (Å²) in [7, 11) is 0. The third-order valence-corrected chi connectivity index (χ3v) is 7.00. The summed E-state index contributed by atoms with van der Waals surface area (Å²) in [6, 6.07) is 6.60. The fraction of sp³-hybridized carbons (Fsp3) is 0.400. The standard InChI is InChI=1S/C25H26O13/c26-6-12-17(30)21(34)24(37-12)15-19(32)14-10(29)5-11(8-1-3-9(28)4-2-8)36-23(14)16(20(15)33)25-22(35)18(31)13(7-27)38-25/h1-5,12-13,17-18,21-22,24-28,30-35H,6-7H2. The number of phenolic OH excluding ortho intramolecular Hbond substituents is 3. The molecule has 2 aliphatic heterocycles. The number of aromatic hydroxyl groups is 3. The monoisotopic (exact) mass is 534 g/mol. The fourth-order valence-electron chi connectivity index (χ4n) is 4.98. The van der Waals surface area contributed by atoms with E-state index in [4.69, 9.17) is 13.9 Å². The van der Waals surface area contributed by atoms with Gasteiger partial charge in [0.05, 0.1) is 24.3 Å². The molecule has 13 heteroatoms. The number of aliphatic hydroxyl groups is 6. The Kier molecular flexibility index (Phi) is 6.79. The van der Waals surface area contributed by atoms with Gasteiger partial charge in [0.15, 0.2) is 11.0 Å². The van der Waals surface area contributed by atoms with Gasteiger partial charge >= 0.3 is 0 Å². The Balaban J connectivity index is 1.80. The van der Waals surface area contributed by atoms with E-state index >= 15 is 0 Å². The maximum Gasteiger partial charge on any atom is 0.197 e. The maximum absolute atomic E-state index is 13.3. The van der Waals surface area contributed by atoms with Crippen LogP contribution in [-0.2, 0) is 9.47 Å². The summed E-state index contributed by atoms with van der Waals surface area (Å²) in [5.41, 5.74) is -1.85. The molecule has 2 saturated heterocycles. The van der Waals surface area contributed by atoms with Crippen molar-refractivity contribution in [2.45, 2.75) is 48.8 Å². The number of phenols is 3. The average molecular weight is 534 g/mol. The van der Waals surface area contributed by atoms with Crippen LogP contribution in [0.3, 0.4) is 0 Å². The molecule has 38 heavy (non-hydrogen) atoms. The predicted octanol–water partition coefficient (Wildman–Crippen LogP) is -1.12. The molecule has 0 radical (unpaired) electrons. The first-order valence-corrected chi connectivity index (χ1v) is 11.7. The Morgan fingerprint density at radius 1 is 0.711 bits per heavy atom. The highest BCUT2D eigenvalue weighted by Crippen LogP contribution is 2.51. The van der Waals surface area contributed by atoms with Gasteiger partial charge < -0.3 is 59.8 Å². The molecule has 0 bridgehead atoms. The molecule has 5 rings (SSSR count). The van der Waals surface area contributed by atoms with Crippen LogP contribution in [0.2, 0.25) is 0 Å². The summed E-state index contributed by atoms with van der Waals surface area (Å²) >= 11 is 0. The molecule has 0 spiro atoms. The van der Waals surface area contributed by atoms with Gasteiger partial charge in [-0.1, -0.05) is 0 Å². The van der Waals surface area contributed by atoms with Crippen molar-refractivity contribution >= 4 is 11.0 Å². The normalized spacial score (nSPS) is 31.3. The topological polar surface area (TPSA) is 231 Å². The van der Waals surface area contributed by atoms with E-state index in [9.17, 15) is 50.8 Å². The Bertz CT molecular complexity index is 1400. The fourth-order valence-corrected chi connectivity index (χ4v) is 4.98. The van der Waals surface area contributed by atoms with Crippen LogP contribution in [0, 0.1) is 0 Å². The van der Waals surface area contributed by atoms with Gasteiger partial charge in [0, 0.05) is 11.6 Å². The molecule has 3 aromatic rings. The second kappa shape index (κ2) is 9.80. The van der Waals surface area contributed by atoms with E-state index in [0.29, 0.717) is 5.56 Å². The zero-order chi connectivity index (χ0) is 27.5. The number of fused-ring (bicyclic) bond motifs is 1. The third-order valence-electron chi connectivity index (χ3n) is 7.00. The number of benzene rings is 2. The molecule has 8 atom stereocenters. The van der Waals surface area contributed by atoms with E-state index < -0.39 is 101 Å². The highest BCUT2D eigenvalue weighted by Gasteiger charge is 2.49. The summed E-state index contributed by atoms with van der Waals surface area (Å²) in [5.74, 6) is -1.79. The van der Waals surface area contributed by atoms with Gasteiger partial charge in [-0.3, -0.25) is 4.79 Å². The van der Waals surface area contributed by atoms with Crippen LogP contribution < -0.4 is 5.43 Å². The Morgan fingerprint density at radius 2 is 1.24 bits per heavy atom. The molecule has 204 valence electrons. The molecule has 0 saturated carbocycles. The van der Waals surface area contributed by atoms with Crippen molar-refractivity contribution < 1.29 is 59.8 Å². The summed E-state index contributed by atoms with van der Waals surface area (Å²) in [5, 5.41) is 92.5. The molecular formula is C25H26O13. The van der Waals surface area contributed by atoms with Gasteiger partial charge in [-0.15, -0.1) is 0 Å². The van der Waals surface area contributed by atoms with Gasteiger partial charge in [-0.25, -0.2) is 0 Å². The molecule has 2 aliphatic rings. The highest BCUT2D eigenvalue weighted by atomic mass is 16.6. The molecule has 3 heterocycles. The first kappa shape index (κ1) is 26.3. The molecule has 2 aromatic carbocycles. The lowest BCUT2D eigenvalue weighted by Gasteiger charge is -2.24. The molecule has 0 aliphatic carbocycles. The number of ether oxygens (including phenoxy) is 2. The SMILES string of the molecule is O=c1cc(-c2ccc(O)cc2)oc2c(C3OC(CO)C(O)C3O)c(O)c(C3OC(CO)C(O)C3O)c(O)c12. The van der Waals surface area contributed by atoms with Crippen molar-refractivity contribution in [1.29, 1.82) is 0 Å². The van der Waals surface area contributed by atoms with Crippen LogP contribution in [0.25, 0.3) is 22.3 Å². The molecule has 8 unspecified atom stereocenters. The second-order valence-electron chi connectivity index (χ2n) is 9.27. The van der Waals surface area contributed by atoms with Gasteiger partial charge in [0.2, 0.25) is 0 Å². The van der Waals surface area contributed by atoms with E-state index in [0.717, 1.165) is 6.07 Å². The van der Waals surface area contributed by atoms with E-state index in [1.54, 1.807) is 0 Å². The van der Waals surface area contributed by atoms with Gasteiger partial charge in [-0.2, -0.15) is 0 Å². The quantitative estimate of drug-likeness (QED) is 0.189. The van der Waals surface area contributed by atoms with Crippen molar-refractivity contribution in [3.63, 3.8) is 0 Å². The van der Waals surface area contributed by atoms with Crippen molar-refractivity contribution in [2.24, 2.45) is 0 Å². The summed E-state index contributed by atoms with van der Waals surface area (Å²) in [6.45, 7) is -1.40. The Labute approximate surface area is 213 Å². The van der Waals surface area contributed by atoms with Crippen molar-refractivity contribution in [1.82, 2.24) is 0 Å². The first-order valence-electron chi connectivity index (χ1n) is 11.7. The highest BCUT2D eigenvalue weighted by molar-refractivity contribution is 5.92. The minimum absolute atomic E-state index is 0.0463. The minimum Gasteiger partial charge on any atom is -0.508 e. The Hall–Kier alpha value is -3.27. The van der Waals surface area contributed by atoms with Gasteiger partial charge in [0.1, 0.15) is 77.2 Å². The van der Waals surface area contributed by atoms with Crippen molar-refractivity contribution in [3.05, 3.63) is 51.7 Å². The third kappa shape index (κ3) is 4.00. The second-order valence-corrected chi connectivity index (χ2v) is 9.27. The lowest BCUT2D eigenvalue weighted by atomic mass is 9.91. The van der Waals surface area contributed by atoms with E-state index in [1.165, 1.54) is 24.3 Å². The first-order chi connectivity index (χ1) is 18.1. The van der Waals surface area contributed by atoms with Crippen LogP contribution in [0.1, 0.15) is 23.3 Å². The largest absolute Gasteiger partial charge is 0.508 e. The lowest BCUT2D eigenvalue weighted by molar-refractivity contribution is -0.0261. The molecule has 13 nitrogen and oxygen atoms in total. The maximum atomic E-state index is 13.3. The van der Waals surface area contributed by atoms with Crippen LogP contribution in [-0.4, -0.2) is 95.8 Å². The molecular weight excluding hydrogens is 508 g/mol. The number of rotatable bonds is 5. The summed E-state index contributed by atoms with van der Waals surface area (Å²) in [6.07, 6.45) is -12.5. The smallest absolute Gasteiger partial charge is 0.197 e. The number of hydrogen-bond donors (Lipinski definition) is 9. The van der Waals surface area contributed by atoms with Crippen molar-refractivity contribution in [3.8, 4) is 28.6 Å². The van der Waals surface area contributed by atoms with Crippen LogP contribution in [0.5, 0.6) is 17.2 Å². The predicted molar refractivity (Wildman–Crippen MR) is 126 cm³/mol. The van der Waals surface area contributed by atoms with Crippen LogP contribution in [0.15, 0.2) is 39.5 Å². The van der Waals surface area contributed by atoms with E-state index in [-0.39, 0.29) is 11.5 Å². The van der Waals surface area contributed by atoms with Gasteiger partial charge in [0.25, 0.3) is 0 Å². The minimum atomic E-state index is -1.75. The molecule has 9 N–H and O–H groups in total. The average Bonchev–Trinajstić information content (AvgIpc) is 3.34. The summed E-state index contributed by atoms with van der Waals surface area (Å²) in [4.78, 5) is 13.3. The van der Waals surface area contributed by atoms with E-state index in [2.05, 4.69) is 0 Å². The number of hydrogen-bond acceptors (Lipinski definition) is 13. The lowest BCUT2D eigenvalue weighted by Crippen LogP contribution is -2.32. The number of aliphatic hydroxyl groups excluding tert-OH is 6. The van der Waals surface area contributed by atoms with Crippen molar-refractivity contribution in [2.75, 3.05) is 13.2 Å². The van der Waals surface area contributed by atoms with E-state index in [1.807, 2.05) is 0 Å². The zero-order valence-electron chi connectivity index (χ0n) is 19.6. The molecule has 1 aromatic heterocycles. The molecule has 2 fully saturated rings. The van der Waals surface area contributed by atoms with Gasteiger partial charge in [-0.05, 0) is 24.3 Å². The molecule has 0 amide bonds.